The van der Waals surface area contributed by atoms with E-state index in [9.17, 15) is 9.90 Å². The molecule has 5 heteroatoms. The van der Waals surface area contributed by atoms with Gasteiger partial charge in [-0.05, 0) is 31.0 Å². The van der Waals surface area contributed by atoms with Gasteiger partial charge in [-0.2, -0.15) is 0 Å². The molecule has 5 nitrogen and oxygen atoms in total. The second-order valence-corrected chi connectivity index (χ2v) is 4.93. The van der Waals surface area contributed by atoms with Gasteiger partial charge < -0.3 is 15.7 Å². The molecule has 0 saturated carbocycles. The van der Waals surface area contributed by atoms with Crippen LogP contribution in [0.3, 0.4) is 0 Å². The molecule has 3 N–H and O–H groups in total. The van der Waals surface area contributed by atoms with Crippen molar-refractivity contribution in [3.8, 4) is 0 Å². The van der Waals surface area contributed by atoms with Crippen LogP contribution < -0.4 is 10.6 Å². The maximum Gasteiger partial charge on any atom is 0.251 e. The van der Waals surface area contributed by atoms with Gasteiger partial charge in [0.25, 0.3) is 5.91 Å². The van der Waals surface area contributed by atoms with Crippen LogP contribution in [0.5, 0.6) is 0 Å². The lowest BCUT2D eigenvalue weighted by molar-refractivity contribution is 0.0942. The largest absolute Gasteiger partial charge is 0.388 e. The molecule has 0 spiro atoms. The van der Waals surface area contributed by atoms with Gasteiger partial charge in [-0.3, -0.25) is 4.79 Å². The Morgan fingerprint density at radius 2 is 2.05 bits per heavy atom. The van der Waals surface area contributed by atoms with Crippen LogP contribution >= 0.6 is 0 Å². The van der Waals surface area contributed by atoms with Crippen molar-refractivity contribution >= 4 is 11.7 Å². The smallest absolute Gasteiger partial charge is 0.251 e. The molecule has 1 atom stereocenters. The van der Waals surface area contributed by atoms with Crippen molar-refractivity contribution in [2.24, 2.45) is 0 Å². The minimum Gasteiger partial charge on any atom is -0.388 e. The van der Waals surface area contributed by atoms with Gasteiger partial charge in [-0.25, -0.2) is 4.98 Å². The van der Waals surface area contributed by atoms with Crippen LogP contribution in [0.15, 0.2) is 48.7 Å². The van der Waals surface area contributed by atoms with E-state index < -0.39 is 6.10 Å². The summed E-state index contributed by atoms with van der Waals surface area (Å²) in [5.74, 6) is 0.515. The fraction of sp³-hybridized carbons (Fsp3) is 0.294. The summed E-state index contributed by atoms with van der Waals surface area (Å²) in [5.41, 5.74) is 1.41. The van der Waals surface area contributed by atoms with Crippen LogP contribution in [0, 0.1) is 0 Å². The van der Waals surface area contributed by atoms with E-state index in [1.807, 2.05) is 37.3 Å². The predicted molar refractivity (Wildman–Crippen MR) is 86.8 cm³/mol. The number of pyridine rings is 1. The van der Waals surface area contributed by atoms with Crippen molar-refractivity contribution in [2.75, 3.05) is 18.4 Å². The normalized spacial score (nSPS) is 11.7. The summed E-state index contributed by atoms with van der Waals surface area (Å²) in [6, 6.07) is 12.8. The molecule has 22 heavy (non-hydrogen) atoms. The summed E-state index contributed by atoms with van der Waals surface area (Å²) >= 11 is 0. The molecule has 0 aliphatic carbocycles. The Balaban J connectivity index is 1.84. The Morgan fingerprint density at radius 1 is 1.27 bits per heavy atom. The van der Waals surface area contributed by atoms with Gasteiger partial charge >= 0.3 is 0 Å². The molecular formula is C17H21N3O2. The van der Waals surface area contributed by atoms with Crippen LogP contribution in [-0.2, 0) is 0 Å². The third-order valence-corrected chi connectivity index (χ3v) is 3.27. The zero-order valence-electron chi connectivity index (χ0n) is 12.6. The van der Waals surface area contributed by atoms with Crippen molar-refractivity contribution in [1.82, 2.24) is 10.3 Å². The lowest BCUT2D eigenvalue weighted by atomic mass is 10.1. The average molecular weight is 299 g/mol. The number of hydrogen-bond acceptors (Lipinski definition) is 4. The molecule has 0 saturated heterocycles. The summed E-state index contributed by atoms with van der Waals surface area (Å²) in [6.07, 6.45) is 1.50. The monoisotopic (exact) mass is 299 g/mol. The number of anilines is 1. The molecule has 0 radical (unpaired) electrons. The lowest BCUT2D eigenvalue weighted by Crippen LogP contribution is -2.25. The quantitative estimate of drug-likeness (QED) is 0.734. The van der Waals surface area contributed by atoms with Gasteiger partial charge in [0.05, 0.1) is 6.10 Å². The minimum absolute atomic E-state index is 0.165. The van der Waals surface area contributed by atoms with Crippen LogP contribution in [0.25, 0.3) is 0 Å². The first-order chi connectivity index (χ1) is 10.7. The number of aliphatic hydroxyl groups excluding tert-OH is 1. The van der Waals surface area contributed by atoms with E-state index >= 15 is 0 Å². The first kappa shape index (κ1) is 16.0. The molecule has 1 aromatic heterocycles. The van der Waals surface area contributed by atoms with E-state index in [0.29, 0.717) is 24.3 Å². The van der Waals surface area contributed by atoms with Crippen LogP contribution in [0.1, 0.15) is 35.4 Å². The maximum atomic E-state index is 12.1. The first-order valence-electron chi connectivity index (χ1n) is 7.42. The Morgan fingerprint density at radius 3 is 2.77 bits per heavy atom. The van der Waals surface area contributed by atoms with E-state index in [1.54, 1.807) is 18.3 Å². The number of aromatic nitrogens is 1. The Labute approximate surface area is 130 Å². The maximum absolute atomic E-state index is 12.1. The van der Waals surface area contributed by atoms with E-state index in [4.69, 9.17) is 0 Å². The average Bonchev–Trinajstić information content (AvgIpc) is 2.56. The van der Waals surface area contributed by atoms with Gasteiger partial charge in [0.2, 0.25) is 0 Å². The topological polar surface area (TPSA) is 74.2 Å². The number of nitrogens with one attached hydrogen (secondary N) is 2. The summed E-state index contributed by atoms with van der Waals surface area (Å²) in [6.45, 7) is 3.13. The minimum atomic E-state index is -0.573. The second-order valence-electron chi connectivity index (χ2n) is 4.93. The standard InChI is InChI=1S/C17H21N3O2/c1-2-18-16-12-14(8-10-19-16)17(22)20-11-9-15(21)13-6-4-3-5-7-13/h3-8,10,12,15,21H,2,9,11H2,1H3,(H,18,19)(H,20,22)/t15-/m0/s1. The number of amides is 1. The molecule has 116 valence electrons. The van der Waals surface area contributed by atoms with Gasteiger partial charge in [-0.1, -0.05) is 30.3 Å². The summed E-state index contributed by atoms with van der Waals surface area (Å²) in [4.78, 5) is 16.2. The highest BCUT2D eigenvalue weighted by Crippen LogP contribution is 2.15. The van der Waals surface area contributed by atoms with Crippen LogP contribution in [0.2, 0.25) is 0 Å². The van der Waals surface area contributed by atoms with Gasteiger partial charge in [0, 0.05) is 24.8 Å². The molecule has 0 fully saturated rings. The van der Waals surface area contributed by atoms with E-state index in [2.05, 4.69) is 15.6 Å². The van der Waals surface area contributed by atoms with E-state index in [-0.39, 0.29) is 5.91 Å². The third-order valence-electron chi connectivity index (χ3n) is 3.27. The number of hydrogen-bond donors (Lipinski definition) is 3. The molecule has 2 aromatic rings. The lowest BCUT2D eigenvalue weighted by Gasteiger charge is -2.12. The number of benzene rings is 1. The summed E-state index contributed by atoms with van der Waals surface area (Å²) < 4.78 is 0. The van der Waals surface area contributed by atoms with Crippen LogP contribution in [0.4, 0.5) is 5.82 Å². The zero-order chi connectivity index (χ0) is 15.8. The molecule has 0 unspecified atom stereocenters. The van der Waals surface area contributed by atoms with Crippen molar-refractivity contribution in [3.63, 3.8) is 0 Å². The van der Waals surface area contributed by atoms with Gasteiger partial charge in [-0.15, -0.1) is 0 Å². The first-order valence-corrected chi connectivity index (χ1v) is 7.42. The highest BCUT2D eigenvalue weighted by Gasteiger charge is 2.09. The molecule has 2 rings (SSSR count). The number of nitrogens with zero attached hydrogens (tertiary/aromatic N) is 1. The fourth-order valence-electron chi connectivity index (χ4n) is 2.12. The SMILES string of the molecule is CCNc1cc(C(=O)NCC[C@H](O)c2ccccc2)ccn1. The Kier molecular flexibility index (Phi) is 5.91. The zero-order valence-corrected chi connectivity index (χ0v) is 12.6. The fourth-order valence-corrected chi connectivity index (χ4v) is 2.12. The number of rotatable bonds is 7. The number of carbonyl (C=O) groups excluding carboxylic acids is 1. The molecular weight excluding hydrogens is 278 g/mol. The van der Waals surface area contributed by atoms with Crippen molar-refractivity contribution < 1.29 is 9.90 Å². The van der Waals surface area contributed by atoms with Gasteiger partial charge in [0.1, 0.15) is 5.82 Å². The predicted octanol–water partition coefficient (Wildman–Crippen LogP) is 2.37. The van der Waals surface area contributed by atoms with Crippen molar-refractivity contribution in [2.45, 2.75) is 19.4 Å². The van der Waals surface area contributed by atoms with E-state index in [0.717, 1.165) is 12.1 Å². The summed E-state index contributed by atoms with van der Waals surface area (Å²) in [5, 5.41) is 15.9. The number of carbonyl (C=O) groups is 1. The number of aliphatic hydroxyl groups is 1. The van der Waals surface area contributed by atoms with Crippen molar-refractivity contribution in [3.05, 3.63) is 59.8 Å². The Hall–Kier alpha value is -2.40. The highest BCUT2D eigenvalue weighted by molar-refractivity contribution is 5.94. The van der Waals surface area contributed by atoms with Crippen LogP contribution in [-0.4, -0.2) is 29.1 Å². The van der Waals surface area contributed by atoms with Crippen molar-refractivity contribution in [1.29, 1.82) is 0 Å². The Bertz CT molecular complexity index is 602. The molecule has 1 heterocycles. The summed E-state index contributed by atoms with van der Waals surface area (Å²) in [7, 11) is 0. The van der Waals surface area contributed by atoms with Gasteiger partial charge in [0.15, 0.2) is 0 Å². The molecule has 0 bridgehead atoms. The van der Waals surface area contributed by atoms with E-state index in [1.165, 1.54) is 0 Å². The highest BCUT2D eigenvalue weighted by atomic mass is 16.3. The molecule has 0 aliphatic heterocycles. The third kappa shape index (κ3) is 4.56. The molecule has 1 aromatic carbocycles. The molecule has 0 aliphatic rings. The second kappa shape index (κ2) is 8.14. The molecule has 1 amide bonds.